The molecule has 0 aromatic heterocycles. The van der Waals surface area contributed by atoms with Gasteiger partial charge in [0.05, 0.1) is 16.5 Å². The Morgan fingerprint density at radius 3 is 2.50 bits per heavy atom. The first-order valence-electron chi connectivity index (χ1n) is 9.65. The molecule has 1 atom stereocenters. The molecule has 0 saturated carbocycles. The quantitative estimate of drug-likeness (QED) is 0.569. The average Bonchev–Trinajstić information content (AvgIpc) is 3.20. The largest absolute Gasteiger partial charge is 0.509 e. The number of aliphatic hydroxyl groups excluding tert-OH is 1. The summed E-state index contributed by atoms with van der Waals surface area (Å²) >= 11 is 19.6. The highest BCUT2D eigenvalue weighted by molar-refractivity contribution is 8.03. The minimum Gasteiger partial charge on any atom is -0.509 e. The van der Waals surface area contributed by atoms with Crippen molar-refractivity contribution in [2.75, 3.05) is 11.4 Å². The predicted octanol–water partition coefficient (Wildman–Crippen LogP) is 5.59. The number of aliphatic hydroxyl groups is 1. The number of benzene rings is 2. The van der Waals surface area contributed by atoms with Crippen LogP contribution in [0.3, 0.4) is 0 Å². The van der Waals surface area contributed by atoms with E-state index in [0.29, 0.717) is 31.9 Å². The number of anilines is 1. The van der Waals surface area contributed by atoms with Gasteiger partial charge in [0.25, 0.3) is 5.91 Å². The number of carbonyl (C=O) groups excluding carboxylic acids is 2. The number of carbonyl (C=O) groups is 2. The van der Waals surface area contributed by atoms with Crippen LogP contribution in [-0.2, 0) is 9.59 Å². The minimum atomic E-state index is -1.40. The van der Waals surface area contributed by atoms with Crippen LogP contribution in [0.1, 0.15) is 6.42 Å². The molecule has 2 aromatic carbocycles. The Hall–Kier alpha value is -2.38. The fourth-order valence-corrected chi connectivity index (χ4v) is 5.95. The van der Waals surface area contributed by atoms with E-state index in [1.807, 2.05) is 18.2 Å². The minimum absolute atomic E-state index is 0.0432. The van der Waals surface area contributed by atoms with E-state index < -0.39 is 5.54 Å². The highest BCUT2D eigenvalue weighted by Gasteiger charge is 2.61. The predicted molar refractivity (Wildman–Crippen MR) is 127 cm³/mol. The third kappa shape index (κ3) is 3.25. The van der Waals surface area contributed by atoms with Gasteiger partial charge in [-0.05, 0) is 48.5 Å². The second-order valence-corrected chi connectivity index (χ2v) is 9.91. The lowest BCUT2D eigenvalue weighted by Gasteiger charge is -2.38. The van der Waals surface area contributed by atoms with Crippen LogP contribution < -0.4 is 10.2 Å². The number of amides is 1. The van der Waals surface area contributed by atoms with Crippen molar-refractivity contribution in [3.05, 3.63) is 91.6 Å². The van der Waals surface area contributed by atoms with Crippen molar-refractivity contribution in [1.29, 1.82) is 0 Å². The molecular weight excluding hydrogens is 491 g/mol. The Bertz CT molecular complexity index is 1270. The first kappa shape index (κ1) is 21.5. The third-order valence-electron chi connectivity index (χ3n) is 5.67. The molecule has 5 nitrogen and oxygen atoms in total. The Labute approximate surface area is 203 Å². The number of Topliss-reactive ketones (excluding diaryl/α,β-unsaturated/α-hetero) is 1. The zero-order valence-corrected chi connectivity index (χ0v) is 19.4. The van der Waals surface area contributed by atoms with Gasteiger partial charge >= 0.3 is 0 Å². The number of rotatable bonds is 3. The second kappa shape index (κ2) is 7.89. The summed E-state index contributed by atoms with van der Waals surface area (Å²) in [6, 6.07) is 14.2. The van der Waals surface area contributed by atoms with Gasteiger partial charge in [-0.1, -0.05) is 52.6 Å². The van der Waals surface area contributed by atoms with Crippen LogP contribution in [0.15, 0.2) is 86.5 Å². The molecule has 0 fully saturated rings. The smallest absolute Gasteiger partial charge is 0.260 e. The molecule has 0 saturated heterocycles. The van der Waals surface area contributed by atoms with Crippen LogP contribution in [0, 0.1) is 0 Å². The van der Waals surface area contributed by atoms with Gasteiger partial charge in [0, 0.05) is 38.3 Å². The van der Waals surface area contributed by atoms with Crippen LogP contribution in [0.25, 0.3) is 0 Å². The van der Waals surface area contributed by atoms with Crippen LogP contribution >= 0.6 is 46.6 Å². The topological polar surface area (TPSA) is 69.6 Å². The number of hydrogen-bond donors (Lipinski definition) is 2. The van der Waals surface area contributed by atoms with E-state index in [2.05, 4.69) is 5.32 Å². The van der Waals surface area contributed by atoms with Gasteiger partial charge in [-0.15, -0.1) is 0 Å². The van der Waals surface area contributed by atoms with Crippen LogP contribution in [0.2, 0.25) is 10.0 Å². The Morgan fingerprint density at radius 2 is 1.78 bits per heavy atom. The van der Waals surface area contributed by atoms with Crippen LogP contribution in [0.4, 0.5) is 5.69 Å². The molecule has 2 aromatic rings. The zero-order valence-electron chi connectivity index (χ0n) is 16.4. The van der Waals surface area contributed by atoms with E-state index in [1.54, 1.807) is 35.2 Å². The van der Waals surface area contributed by atoms with Gasteiger partial charge in [0.15, 0.2) is 11.3 Å². The van der Waals surface area contributed by atoms with Crippen molar-refractivity contribution in [2.24, 2.45) is 0 Å². The average molecular weight is 506 g/mol. The van der Waals surface area contributed by atoms with E-state index in [-0.39, 0.29) is 35.4 Å². The molecule has 162 valence electrons. The molecule has 1 unspecified atom stereocenters. The summed E-state index contributed by atoms with van der Waals surface area (Å²) in [6.45, 7) is 0.0755. The fraction of sp³-hybridized carbons (Fsp3) is 0.130. The maximum absolute atomic E-state index is 13.7. The lowest BCUT2D eigenvalue weighted by Crippen LogP contribution is -2.54. The molecule has 1 spiro atoms. The summed E-state index contributed by atoms with van der Waals surface area (Å²) < 4.78 is 0. The lowest BCUT2D eigenvalue weighted by molar-refractivity contribution is -0.121. The summed E-state index contributed by atoms with van der Waals surface area (Å²) in [5.41, 5.74) is 0.277. The maximum Gasteiger partial charge on any atom is 0.260 e. The molecule has 2 heterocycles. The highest BCUT2D eigenvalue weighted by Crippen LogP contribution is 2.54. The van der Waals surface area contributed by atoms with Gasteiger partial charge in [-0.25, -0.2) is 0 Å². The Balaban J connectivity index is 1.71. The molecule has 3 aliphatic rings. The standard InChI is InChI=1S/C23H15Cl3N2O3S/c24-12-4-6-15(7-5-12)32-21-20(30)11-28(14-3-1-2-13(25)8-14)23(21)16-9-19(29)17(26)10-18(16)27-22(23)31/h1-8,10,30H,9,11H2,(H,27,31). The second-order valence-electron chi connectivity index (χ2n) is 7.55. The van der Waals surface area contributed by atoms with Gasteiger partial charge < -0.3 is 15.3 Å². The number of fused-ring (bicyclic) bond motifs is 1. The molecule has 0 radical (unpaired) electrons. The number of allylic oxidation sites excluding steroid dienone is 2. The monoisotopic (exact) mass is 504 g/mol. The first-order chi connectivity index (χ1) is 15.3. The first-order valence-corrected chi connectivity index (χ1v) is 11.6. The van der Waals surface area contributed by atoms with Crippen molar-refractivity contribution < 1.29 is 14.7 Å². The summed E-state index contributed by atoms with van der Waals surface area (Å²) in [7, 11) is 0. The summed E-state index contributed by atoms with van der Waals surface area (Å²) in [5.74, 6) is -0.602. The van der Waals surface area contributed by atoms with Gasteiger partial charge in [-0.2, -0.15) is 0 Å². The molecule has 2 aliphatic heterocycles. The summed E-state index contributed by atoms with van der Waals surface area (Å²) in [6.07, 6.45) is 1.43. The summed E-state index contributed by atoms with van der Waals surface area (Å²) in [5, 5.41) is 15.1. The Kier molecular flexibility index (Phi) is 5.29. The molecule has 0 bridgehead atoms. The normalized spacial score (nSPS) is 22.6. The number of ketones is 1. The van der Waals surface area contributed by atoms with Crippen molar-refractivity contribution in [2.45, 2.75) is 16.9 Å². The van der Waals surface area contributed by atoms with Crippen LogP contribution in [-0.4, -0.2) is 28.9 Å². The van der Waals surface area contributed by atoms with E-state index in [0.717, 1.165) is 4.90 Å². The van der Waals surface area contributed by atoms with Crippen molar-refractivity contribution in [1.82, 2.24) is 5.32 Å². The molecule has 1 aliphatic carbocycles. The fourth-order valence-electron chi connectivity index (χ4n) is 4.30. The maximum atomic E-state index is 13.7. The van der Waals surface area contributed by atoms with Crippen molar-refractivity contribution in [3.63, 3.8) is 0 Å². The van der Waals surface area contributed by atoms with Gasteiger partial charge in [0.2, 0.25) is 0 Å². The number of hydrogen-bond acceptors (Lipinski definition) is 5. The number of thioether (sulfide) groups is 1. The van der Waals surface area contributed by atoms with E-state index in [4.69, 9.17) is 34.8 Å². The molecular formula is C23H15Cl3N2O3S. The number of nitrogens with zero attached hydrogens (tertiary/aromatic N) is 1. The molecule has 1 amide bonds. The van der Waals surface area contributed by atoms with E-state index >= 15 is 0 Å². The van der Waals surface area contributed by atoms with E-state index in [9.17, 15) is 14.7 Å². The van der Waals surface area contributed by atoms with E-state index in [1.165, 1.54) is 17.8 Å². The van der Waals surface area contributed by atoms with Crippen LogP contribution in [0.5, 0.6) is 0 Å². The third-order valence-corrected chi connectivity index (χ3v) is 7.72. The lowest BCUT2D eigenvalue weighted by atomic mass is 9.84. The molecule has 2 N–H and O–H groups in total. The molecule has 32 heavy (non-hydrogen) atoms. The number of halogens is 3. The van der Waals surface area contributed by atoms with Gasteiger partial charge in [-0.3, -0.25) is 9.59 Å². The molecule has 5 rings (SSSR count). The Morgan fingerprint density at radius 1 is 1.03 bits per heavy atom. The van der Waals surface area contributed by atoms with Crippen molar-refractivity contribution in [3.8, 4) is 0 Å². The summed E-state index contributed by atoms with van der Waals surface area (Å²) in [4.78, 5) is 29.2. The van der Waals surface area contributed by atoms with Gasteiger partial charge in [0.1, 0.15) is 5.76 Å². The molecule has 9 heteroatoms. The zero-order chi connectivity index (χ0) is 22.6. The highest BCUT2D eigenvalue weighted by atomic mass is 35.5. The number of nitrogens with one attached hydrogen (secondary N) is 1. The van der Waals surface area contributed by atoms with Crippen molar-refractivity contribution >= 4 is 63.9 Å². The SMILES string of the molecule is O=C1CC2=C(C=C1Cl)NC(=O)C21C(Sc2ccc(Cl)cc2)=C(O)CN1c1cccc(Cl)c1.